The number of pyridine rings is 1. The summed E-state index contributed by atoms with van der Waals surface area (Å²) < 4.78 is 5.71. The zero-order valence-corrected chi connectivity index (χ0v) is 16.7. The molecule has 5 nitrogen and oxygen atoms in total. The van der Waals surface area contributed by atoms with Crippen LogP contribution in [0.5, 0.6) is 0 Å². The minimum Gasteiger partial charge on any atom is -0.379 e. The molecule has 1 N–H and O–H groups in total. The molecule has 4 rings (SSSR count). The van der Waals surface area contributed by atoms with Gasteiger partial charge in [0.2, 0.25) is 5.91 Å². The molecule has 27 heavy (non-hydrogen) atoms. The van der Waals surface area contributed by atoms with E-state index in [4.69, 9.17) is 4.74 Å². The number of nitrogens with zero attached hydrogens (tertiary/aromatic N) is 2. The van der Waals surface area contributed by atoms with E-state index in [0.29, 0.717) is 11.8 Å². The Bertz CT molecular complexity index is 866. The molecule has 144 valence electrons. The molecule has 2 aromatic rings. The smallest absolute Gasteiger partial charge is 0.217 e. The third kappa shape index (κ3) is 3.41. The first-order chi connectivity index (χ1) is 13.0. The molecule has 4 atom stereocenters. The van der Waals surface area contributed by atoms with E-state index in [9.17, 15) is 4.79 Å². The number of hydrogen-bond donors (Lipinski definition) is 1. The molecule has 1 aliphatic heterocycles. The largest absolute Gasteiger partial charge is 0.379 e. The van der Waals surface area contributed by atoms with Crippen LogP contribution < -0.4 is 10.2 Å². The number of carbonyl (C=O) groups excluding carboxylic acids is 1. The lowest BCUT2D eigenvalue weighted by molar-refractivity contribution is -0.121. The van der Waals surface area contributed by atoms with E-state index < -0.39 is 0 Å². The molecule has 1 saturated heterocycles. The maximum Gasteiger partial charge on any atom is 0.217 e. The molecule has 2 aliphatic rings. The first-order valence-electron chi connectivity index (χ1n) is 9.87. The van der Waals surface area contributed by atoms with Crippen LogP contribution in [0, 0.1) is 25.7 Å². The number of aromatic nitrogens is 1. The summed E-state index contributed by atoms with van der Waals surface area (Å²) in [7, 11) is 1.76. The maximum atomic E-state index is 11.6. The second kappa shape index (κ2) is 7.12. The molecular weight excluding hydrogens is 338 g/mol. The number of rotatable bonds is 3. The van der Waals surface area contributed by atoms with Gasteiger partial charge in [0.15, 0.2) is 0 Å². The van der Waals surface area contributed by atoms with Crippen LogP contribution in [0.25, 0.3) is 10.9 Å². The van der Waals surface area contributed by atoms with E-state index in [1.807, 2.05) is 6.20 Å². The number of hydrogen-bond acceptors (Lipinski definition) is 4. The number of methoxy groups -OCH3 is 1. The van der Waals surface area contributed by atoms with Crippen LogP contribution in [0.15, 0.2) is 24.4 Å². The molecule has 0 spiro atoms. The lowest BCUT2D eigenvalue weighted by atomic mass is 9.77. The number of anilines is 1. The number of nitrogens with one attached hydrogen (secondary N) is 1. The van der Waals surface area contributed by atoms with Crippen LogP contribution in [0.2, 0.25) is 0 Å². The quantitative estimate of drug-likeness (QED) is 0.905. The summed E-state index contributed by atoms with van der Waals surface area (Å²) in [6, 6.07) is 6.72. The van der Waals surface area contributed by atoms with Crippen molar-refractivity contribution in [3.05, 3.63) is 35.5 Å². The van der Waals surface area contributed by atoms with E-state index in [-0.39, 0.29) is 18.1 Å². The predicted octanol–water partition coefficient (Wildman–Crippen LogP) is 3.22. The first-order valence-corrected chi connectivity index (χ1v) is 9.87. The average Bonchev–Trinajstić information content (AvgIpc) is 3.02. The van der Waals surface area contributed by atoms with Gasteiger partial charge in [-0.05, 0) is 56.2 Å². The molecule has 5 heteroatoms. The normalized spacial score (nSPS) is 27.6. The molecule has 0 unspecified atom stereocenters. The second-order valence-corrected chi connectivity index (χ2v) is 8.29. The Hall–Kier alpha value is -2.14. The lowest BCUT2D eigenvalue weighted by Crippen LogP contribution is -2.49. The fraction of sp³-hybridized carbons (Fsp3) is 0.545. The fourth-order valence-corrected chi connectivity index (χ4v) is 5.16. The zero-order valence-electron chi connectivity index (χ0n) is 16.7. The van der Waals surface area contributed by atoms with Crippen molar-refractivity contribution in [1.29, 1.82) is 0 Å². The van der Waals surface area contributed by atoms with Gasteiger partial charge < -0.3 is 15.0 Å². The van der Waals surface area contributed by atoms with Gasteiger partial charge in [-0.1, -0.05) is 11.6 Å². The highest BCUT2D eigenvalue weighted by Gasteiger charge is 2.43. The van der Waals surface area contributed by atoms with E-state index in [0.717, 1.165) is 31.4 Å². The Kier molecular flexibility index (Phi) is 4.81. The van der Waals surface area contributed by atoms with Gasteiger partial charge in [0.05, 0.1) is 17.7 Å². The third-order valence-corrected chi connectivity index (χ3v) is 6.31. The van der Waals surface area contributed by atoms with Gasteiger partial charge in [0.25, 0.3) is 0 Å². The monoisotopic (exact) mass is 367 g/mol. The van der Waals surface area contributed by atoms with Gasteiger partial charge in [0.1, 0.15) is 0 Å². The predicted molar refractivity (Wildman–Crippen MR) is 108 cm³/mol. The van der Waals surface area contributed by atoms with E-state index >= 15 is 0 Å². The van der Waals surface area contributed by atoms with Crippen molar-refractivity contribution in [3.8, 4) is 0 Å². The van der Waals surface area contributed by atoms with Crippen molar-refractivity contribution in [1.82, 2.24) is 10.3 Å². The molecule has 1 saturated carbocycles. The van der Waals surface area contributed by atoms with Gasteiger partial charge in [-0.25, -0.2) is 0 Å². The summed E-state index contributed by atoms with van der Waals surface area (Å²) in [4.78, 5) is 18.7. The highest BCUT2D eigenvalue weighted by atomic mass is 16.5. The Morgan fingerprint density at radius 3 is 2.67 bits per heavy atom. The molecule has 2 heterocycles. The minimum atomic E-state index is 0.0291. The number of carbonyl (C=O) groups is 1. The van der Waals surface area contributed by atoms with Gasteiger partial charge in [-0.3, -0.25) is 9.78 Å². The molecule has 1 aliphatic carbocycles. The summed E-state index contributed by atoms with van der Waals surface area (Å²) in [5.74, 6) is 1.22. The summed E-state index contributed by atoms with van der Waals surface area (Å²) in [5, 5.41) is 4.35. The van der Waals surface area contributed by atoms with Crippen molar-refractivity contribution in [2.24, 2.45) is 11.8 Å². The third-order valence-electron chi connectivity index (χ3n) is 6.31. The molecule has 0 radical (unpaired) electrons. The molecule has 0 bridgehead atoms. The number of fused-ring (bicyclic) bond motifs is 2. The van der Waals surface area contributed by atoms with Crippen LogP contribution in [0.4, 0.5) is 5.69 Å². The Morgan fingerprint density at radius 1 is 1.22 bits per heavy atom. The summed E-state index contributed by atoms with van der Waals surface area (Å²) >= 11 is 0. The van der Waals surface area contributed by atoms with Crippen LogP contribution >= 0.6 is 0 Å². The fourth-order valence-electron chi connectivity index (χ4n) is 5.16. The molecule has 1 aromatic heterocycles. The zero-order chi connectivity index (χ0) is 19.1. The van der Waals surface area contributed by atoms with Crippen LogP contribution in [0.1, 0.15) is 30.9 Å². The van der Waals surface area contributed by atoms with Crippen molar-refractivity contribution in [2.75, 3.05) is 25.1 Å². The van der Waals surface area contributed by atoms with Gasteiger partial charge in [0, 0.05) is 44.4 Å². The Labute approximate surface area is 161 Å². The van der Waals surface area contributed by atoms with E-state index in [1.165, 1.54) is 22.2 Å². The maximum absolute atomic E-state index is 11.6. The lowest BCUT2D eigenvalue weighted by Gasteiger charge is -2.37. The number of aryl methyl sites for hydroxylation is 2. The van der Waals surface area contributed by atoms with Crippen LogP contribution in [-0.4, -0.2) is 43.2 Å². The SMILES string of the molecule is CO[C@@H]1C[C@H]2CN(c3ccnc4c(C)cc(C)cc34)C[C@H]2C[C@H]1NC(C)=O. The number of amides is 1. The minimum absolute atomic E-state index is 0.0291. The first kappa shape index (κ1) is 18.2. The molecular formula is C22H29N3O2. The van der Waals surface area contributed by atoms with E-state index in [2.05, 4.69) is 47.2 Å². The standard InChI is InChI=1S/C22H29N3O2/c1-13-7-14(2)22-18(8-13)20(5-6-23-22)25-11-16-9-19(24-15(3)26)21(27-4)10-17(16)12-25/h5-8,16-17,19,21H,9-12H2,1-4H3,(H,24,26)/t16-,17+,19-,21-/m1/s1. The van der Waals surface area contributed by atoms with Crippen molar-refractivity contribution >= 4 is 22.5 Å². The highest BCUT2D eigenvalue weighted by molar-refractivity contribution is 5.94. The number of ether oxygens (including phenoxy) is 1. The van der Waals surface area contributed by atoms with Crippen molar-refractivity contribution in [2.45, 2.75) is 45.8 Å². The summed E-state index contributed by atoms with van der Waals surface area (Å²) in [6.45, 7) is 7.95. The highest BCUT2D eigenvalue weighted by Crippen LogP contribution is 2.41. The molecule has 1 aromatic carbocycles. The van der Waals surface area contributed by atoms with Crippen LogP contribution in [-0.2, 0) is 9.53 Å². The van der Waals surface area contributed by atoms with Crippen molar-refractivity contribution in [3.63, 3.8) is 0 Å². The van der Waals surface area contributed by atoms with Crippen LogP contribution in [0.3, 0.4) is 0 Å². The van der Waals surface area contributed by atoms with Crippen molar-refractivity contribution < 1.29 is 9.53 Å². The summed E-state index contributed by atoms with van der Waals surface area (Å²) in [6.07, 6.45) is 4.03. The molecule has 1 amide bonds. The Balaban J connectivity index is 1.62. The summed E-state index contributed by atoms with van der Waals surface area (Å²) in [5.41, 5.74) is 4.88. The van der Waals surface area contributed by atoms with Gasteiger partial charge >= 0.3 is 0 Å². The van der Waals surface area contributed by atoms with Gasteiger partial charge in [-0.15, -0.1) is 0 Å². The number of benzene rings is 1. The Morgan fingerprint density at radius 2 is 1.96 bits per heavy atom. The van der Waals surface area contributed by atoms with Gasteiger partial charge in [-0.2, -0.15) is 0 Å². The van der Waals surface area contributed by atoms with E-state index in [1.54, 1.807) is 14.0 Å². The molecule has 2 fully saturated rings. The topological polar surface area (TPSA) is 54.5 Å². The average molecular weight is 367 g/mol. The second-order valence-electron chi connectivity index (χ2n) is 8.29.